The number of hydrogen-bond donors (Lipinski definition) is 2. The molecule has 0 atom stereocenters. The smallest absolute Gasteiger partial charge is 0.273 e. The number of amides is 1. The molecule has 2 aliphatic heterocycles. The van der Waals surface area contributed by atoms with Crippen molar-refractivity contribution in [3.63, 3.8) is 0 Å². The van der Waals surface area contributed by atoms with Gasteiger partial charge in [-0.05, 0) is 43.4 Å². The second-order valence-corrected chi connectivity index (χ2v) is 7.45. The highest BCUT2D eigenvalue weighted by Gasteiger charge is 2.38. The van der Waals surface area contributed by atoms with Crippen molar-refractivity contribution in [2.24, 2.45) is 5.41 Å². The predicted molar refractivity (Wildman–Crippen MR) is 94.7 cm³/mol. The topological polar surface area (TPSA) is 70.2 Å². The number of nitrogens with zero attached hydrogens (tertiary/aromatic N) is 3. The summed E-state index contributed by atoms with van der Waals surface area (Å²) in [6, 6.07) is 5.66. The van der Waals surface area contributed by atoms with E-state index in [0.717, 1.165) is 44.8 Å². The summed E-state index contributed by atoms with van der Waals surface area (Å²) in [6.45, 7) is 3.88. The lowest BCUT2D eigenvalue weighted by molar-refractivity contribution is 0.0603. The highest BCUT2D eigenvalue weighted by atomic mass is 32.1. The van der Waals surface area contributed by atoms with E-state index < -0.39 is 0 Å². The molecule has 0 aliphatic carbocycles. The van der Waals surface area contributed by atoms with Gasteiger partial charge in [0.05, 0.1) is 0 Å². The fourth-order valence-corrected chi connectivity index (χ4v) is 4.24. The molecule has 0 saturated carbocycles. The van der Waals surface area contributed by atoms with Crippen molar-refractivity contribution in [2.75, 3.05) is 31.5 Å². The molecule has 4 heterocycles. The van der Waals surface area contributed by atoms with Crippen LogP contribution in [-0.2, 0) is 0 Å². The predicted octanol–water partition coefficient (Wildman–Crippen LogP) is 2.50. The molecule has 6 nitrogen and oxygen atoms in total. The number of rotatable bonds is 3. The molecule has 4 rings (SSSR count). The number of nitrogens with one attached hydrogen (secondary N) is 2. The van der Waals surface area contributed by atoms with Crippen LogP contribution in [0.5, 0.6) is 0 Å². The molecule has 2 aromatic heterocycles. The van der Waals surface area contributed by atoms with Gasteiger partial charge in [-0.15, -0.1) is 11.3 Å². The van der Waals surface area contributed by atoms with E-state index in [4.69, 9.17) is 0 Å². The van der Waals surface area contributed by atoms with E-state index in [0.29, 0.717) is 16.2 Å². The molecule has 0 radical (unpaired) electrons. The number of aromatic nitrogens is 2. The van der Waals surface area contributed by atoms with E-state index in [2.05, 4.69) is 20.6 Å². The van der Waals surface area contributed by atoms with Crippen LogP contribution in [0.2, 0.25) is 0 Å². The lowest BCUT2D eigenvalue weighted by atomic mass is 9.78. The van der Waals surface area contributed by atoms with Crippen molar-refractivity contribution in [3.05, 3.63) is 35.5 Å². The Bertz CT molecular complexity index is 701. The molecule has 126 valence electrons. The molecule has 0 bridgehead atoms. The summed E-state index contributed by atoms with van der Waals surface area (Å²) in [5, 5.41) is 9.12. The van der Waals surface area contributed by atoms with Crippen LogP contribution in [0.4, 0.5) is 10.9 Å². The highest BCUT2D eigenvalue weighted by molar-refractivity contribution is 7.14. The van der Waals surface area contributed by atoms with Crippen LogP contribution in [0.1, 0.15) is 29.8 Å². The van der Waals surface area contributed by atoms with Gasteiger partial charge in [0.15, 0.2) is 5.13 Å². The fourth-order valence-electron chi connectivity index (χ4n) is 3.54. The van der Waals surface area contributed by atoms with Crippen molar-refractivity contribution < 1.29 is 4.79 Å². The molecule has 2 N–H and O–H groups in total. The first kappa shape index (κ1) is 15.5. The number of thiazole rings is 1. The molecular formula is C17H21N5OS. The molecule has 2 fully saturated rings. The van der Waals surface area contributed by atoms with E-state index >= 15 is 0 Å². The number of carbonyl (C=O) groups is 1. The Labute approximate surface area is 145 Å². The van der Waals surface area contributed by atoms with E-state index in [9.17, 15) is 4.79 Å². The maximum atomic E-state index is 12.7. The van der Waals surface area contributed by atoms with Gasteiger partial charge < -0.3 is 15.5 Å². The fraction of sp³-hybridized carbons (Fsp3) is 0.471. The molecule has 2 aliphatic rings. The molecule has 0 aromatic carbocycles. The number of hydrogen-bond acceptors (Lipinski definition) is 6. The molecule has 1 amide bonds. The quantitative estimate of drug-likeness (QED) is 0.896. The summed E-state index contributed by atoms with van der Waals surface area (Å²) in [5.74, 6) is 0.778. The van der Waals surface area contributed by atoms with Gasteiger partial charge in [0.1, 0.15) is 11.5 Å². The number of piperidine rings is 1. The molecule has 2 saturated heterocycles. The Hall–Kier alpha value is -1.99. The maximum absolute atomic E-state index is 12.7. The SMILES string of the molecule is O=C(c1csc(Nc2ccccn2)n1)N1CCC2(CCNC2)CC1. The summed E-state index contributed by atoms with van der Waals surface area (Å²) in [6.07, 6.45) is 5.15. The van der Waals surface area contributed by atoms with Crippen molar-refractivity contribution in [1.29, 1.82) is 0 Å². The Morgan fingerprint density at radius 1 is 1.29 bits per heavy atom. The normalized spacial score (nSPS) is 19.6. The van der Waals surface area contributed by atoms with E-state index in [1.54, 1.807) is 6.20 Å². The Morgan fingerprint density at radius 3 is 2.88 bits per heavy atom. The maximum Gasteiger partial charge on any atom is 0.273 e. The van der Waals surface area contributed by atoms with Gasteiger partial charge in [-0.2, -0.15) is 0 Å². The third-order valence-electron chi connectivity index (χ3n) is 5.07. The minimum atomic E-state index is 0.0427. The first-order chi connectivity index (χ1) is 11.7. The van der Waals surface area contributed by atoms with Crippen LogP contribution in [-0.4, -0.2) is 47.0 Å². The summed E-state index contributed by atoms with van der Waals surface area (Å²) >= 11 is 1.44. The molecule has 24 heavy (non-hydrogen) atoms. The zero-order valence-electron chi connectivity index (χ0n) is 13.5. The second kappa shape index (κ2) is 6.49. The largest absolute Gasteiger partial charge is 0.337 e. The van der Waals surface area contributed by atoms with E-state index in [-0.39, 0.29) is 5.91 Å². The number of anilines is 2. The Balaban J connectivity index is 1.38. The van der Waals surface area contributed by atoms with Crippen LogP contribution >= 0.6 is 11.3 Å². The van der Waals surface area contributed by atoms with Crippen LogP contribution in [0.25, 0.3) is 0 Å². The van der Waals surface area contributed by atoms with Crippen molar-refractivity contribution in [2.45, 2.75) is 19.3 Å². The van der Waals surface area contributed by atoms with E-state index in [1.807, 2.05) is 28.5 Å². The standard InChI is InChI=1S/C17H21N5OS/c23-15(22-9-5-17(6-10-22)4-8-18-12-17)13-11-24-16(20-13)21-14-3-1-2-7-19-14/h1-3,7,11,18H,4-6,8-10,12H2,(H,19,20,21). The minimum Gasteiger partial charge on any atom is -0.337 e. The minimum absolute atomic E-state index is 0.0427. The third-order valence-corrected chi connectivity index (χ3v) is 5.82. The number of carbonyl (C=O) groups excluding carboxylic acids is 1. The number of pyridine rings is 1. The van der Waals surface area contributed by atoms with Crippen LogP contribution in [0.15, 0.2) is 29.8 Å². The van der Waals surface area contributed by atoms with Gasteiger partial charge in [-0.25, -0.2) is 9.97 Å². The highest BCUT2D eigenvalue weighted by Crippen LogP contribution is 2.37. The van der Waals surface area contributed by atoms with Crippen LogP contribution < -0.4 is 10.6 Å². The van der Waals surface area contributed by atoms with Gasteiger partial charge in [-0.3, -0.25) is 4.79 Å². The number of likely N-dealkylation sites (tertiary alicyclic amines) is 1. The average molecular weight is 343 g/mol. The second-order valence-electron chi connectivity index (χ2n) is 6.60. The Morgan fingerprint density at radius 2 is 2.17 bits per heavy atom. The molecule has 7 heteroatoms. The van der Waals surface area contributed by atoms with Crippen molar-refractivity contribution in [1.82, 2.24) is 20.2 Å². The van der Waals surface area contributed by atoms with Gasteiger partial charge in [0, 0.05) is 31.2 Å². The molecule has 2 aromatic rings. The van der Waals surface area contributed by atoms with Gasteiger partial charge in [0.25, 0.3) is 5.91 Å². The summed E-state index contributed by atoms with van der Waals surface area (Å²) < 4.78 is 0. The summed E-state index contributed by atoms with van der Waals surface area (Å²) in [7, 11) is 0. The molecule has 1 spiro atoms. The van der Waals surface area contributed by atoms with Crippen molar-refractivity contribution >= 4 is 28.2 Å². The molecule has 0 unspecified atom stereocenters. The summed E-state index contributed by atoms with van der Waals surface area (Å²) in [5.41, 5.74) is 0.948. The average Bonchev–Trinajstić information content (AvgIpc) is 3.26. The first-order valence-electron chi connectivity index (χ1n) is 8.38. The zero-order valence-corrected chi connectivity index (χ0v) is 14.3. The van der Waals surface area contributed by atoms with Gasteiger partial charge in [0.2, 0.25) is 0 Å². The summed E-state index contributed by atoms with van der Waals surface area (Å²) in [4.78, 5) is 23.3. The third kappa shape index (κ3) is 3.14. The van der Waals surface area contributed by atoms with Crippen LogP contribution in [0, 0.1) is 5.41 Å². The van der Waals surface area contributed by atoms with E-state index in [1.165, 1.54) is 17.8 Å². The first-order valence-corrected chi connectivity index (χ1v) is 9.26. The monoisotopic (exact) mass is 343 g/mol. The lowest BCUT2D eigenvalue weighted by Gasteiger charge is -2.38. The van der Waals surface area contributed by atoms with Gasteiger partial charge >= 0.3 is 0 Å². The lowest BCUT2D eigenvalue weighted by Crippen LogP contribution is -2.44. The molecular weight excluding hydrogens is 322 g/mol. The van der Waals surface area contributed by atoms with Crippen LogP contribution in [0.3, 0.4) is 0 Å². The Kier molecular flexibility index (Phi) is 4.20. The van der Waals surface area contributed by atoms with Gasteiger partial charge in [-0.1, -0.05) is 6.07 Å². The zero-order chi connectivity index (χ0) is 16.4. The van der Waals surface area contributed by atoms with Crippen molar-refractivity contribution in [3.8, 4) is 0 Å².